The molecular weight excluding hydrogens is 584 g/mol. The van der Waals surface area contributed by atoms with Gasteiger partial charge in [-0.2, -0.15) is 14.9 Å². The lowest BCUT2D eigenvalue weighted by atomic mass is 10.1. The van der Waals surface area contributed by atoms with E-state index in [9.17, 15) is 4.79 Å². The average Bonchev–Trinajstić information content (AvgIpc) is 3.78. The highest BCUT2D eigenvalue weighted by atomic mass is 16.5. The Morgan fingerprint density at radius 3 is 2.67 bits per heavy atom. The molecule has 236 valence electrons. The average molecular weight is 621 g/mol. The molecule has 4 aromatic heterocycles. The molecule has 0 aliphatic carbocycles. The number of carbonyl (C=O) groups is 1. The Kier molecular flexibility index (Phi) is 9.27. The van der Waals surface area contributed by atoms with Gasteiger partial charge in [0, 0.05) is 86.6 Å². The Bertz CT molecular complexity index is 1790. The lowest BCUT2D eigenvalue weighted by Crippen LogP contribution is -2.39. The third-order valence-electron chi connectivity index (χ3n) is 7.51. The zero-order valence-corrected chi connectivity index (χ0v) is 25.8. The number of benzene rings is 1. The van der Waals surface area contributed by atoms with Gasteiger partial charge in [0.15, 0.2) is 17.3 Å². The molecule has 1 fully saturated rings. The first kappa shape index (κ1) is 30.4. The molecular formula is C32H36N12O2. The number of carbonyl (C=O) groups excluding carboxylic acids is 1. The van der Waals surface area contributed by atoms with E-state index in [-0.39, 0.29) is 11.6 Å². The molecule has 0 bridgehead atoms. The summed E-state index contributed by atoms with van der Waals surface area (Å²) in [5, 5.41) is 21.6. The van der Waals surface area contributed by atoms with E-state index in [0.717, 1.165) is 67.7 Å². The summed E-state index contributed by atoms with van der Waals surface area (Å²) < 4.78 is 8.73. The minimum absolute atomic E-state index is 0.247. The quantitative estimate of drug-likeness (QED) is 0.162. The Morgan fingerprint density at radius 1 is 1.04 bits per heavy atom. The van der Waals surface area contributed by atoms with E-state index in [1.807, 2.05) is 55.6 Å². The van der Waals surface area contributed by atoms with E-state index < -0.39 is 0 Å². The minimum Gasteiger partial charge on any atom is -0.379 e. The van der Waals surface area contributed by atoms with E-state index >= 15 is 0 Å². The second-order valence-corrected chi connectivity index (χ2v) is 10.7. The molecule has 0 saturated carbocycles. The van der Waals surface area contributed by atoms with Crippen molar-refractivity contribution in [3.05, 3.63) is 96.8 Å². The van der Waals surface area contributed by atoms with Gasteiger partial charge < -0.3 is 26.0 Å². The van der Waals surface area contributed by atoms with Crippen LogP contribution in [-0.2, 0) is 4.74 Å². The van der Waals surface area contributed by atoms with Crippen molar-refractivity contribution < 1.29 is 9.53 Å². The molecule has 14 nitrogen and oxygen atoms in total. The van der Waals surface area contributed by atoms with Gasteiger partial charge in [0.2, 0.25) is 0 Å². The maximum absolute atomic E-state index is 12.6. The van der Waals surface area contributed by atoms with Gasteiger partial charge in [-0.25, -0.2) is 19.6 Å². The lowest BCUT2D eigenvalue weighted by Gasteiger charge is -2.26. The molecule has 1 aromatic carbocycles. The van der Waals surface area contributed by atoms with Crippen LogP contribution in [0.5, 0.6) is 0 Å². The molecule has 6 rings (SSSR count). The lowest BCUT2D eigenvalue weighted by molar-refractivity contribution is 0.0398. The number of rotatable bonds is 12. The first-order chi connectivity index (χ1) is 22.5. The van der Waals surface area contributed by atoms with Gasteiger partial charge in [0.1, 0.15) is 18.0 Å². The maximum atomic E-state index is 12.6. The highest BCUT2D eigenvalue weighted by Gasteiger charge is 2.17. The SMILES string of the molecule is C=C(Nc1ccc(C)c(Nc2cc(C(=O)NC)nn2-c2cc(NCCN3CCOCC3)ncn2)c1)c1ccc(-n2cccn2)nc1. The largest absolute Gasteiger partial charge is 0.379 e. The third-order valence-corrected chi connectivity index (χ3v) is 7.51. The van der Waals surface area contributed by atoms with E-state index in [1.165, 1.54) is 6.33 Å². The highest BCUT2D eigenvalue weighted by molar-refractivity contribution is 5.93. The first-order valence-electron chi connectivity index (χ1n) is 15.0. The number of hydrogen-bond acceptors (Lipinski definition) is 11. The van der Waals surface area contributed by atoms with Gasteiger partial charge >= 0.3 is 0 Å². The number of pyridine rings is 1. The number of morpholine rings is 1. The standard InChI is InChI=1S/C32H36N12O2/c1-22-5-7-25(39-23(2)24-6-8-29(35-20-24)43-11-4-9-38-43)17-26(22)40-31-18-27(32(45)33-3)41-44(31)30-19-28(36-21-37-30)34-10-12-42-13-15-46-16-14-42/h4-9,11,17-21,39-40H,2,10,12-16H2,1,3H3,(H,33,45)(H,34,36,37). The smallest absolute Gasteiger partial charge is 0.271 e. The van der Waals surface area contributed by atoms with Crippen molar-refractivity contribution in [2.24, 2.45) is 0 Å². The van der Waals surface area contributed by atoms with E-state index in [4.69, 9.17) is 4.74 Å². The zero-order valence-electron chi connectivity index (χ0n) is 25.8. The summed E-state index contributed by atoms with van der Waals surface area (Å²) in [6.45, 7) is 11.2. The van der Waals surface area contributed by atoms with Crippen molar-refractivity contribution in [1.82, 2.24) is 44.7 Å². The van der Waals surface area contributed by atoms with Crippen molar-refractivity contribution >= 4 is 34.6 Å². The van der Waals surface area contributed by atoms with Crippen LogP contribution in [0.3, 0.4) is 0 Å². The molecule has 5 heterocycles. The van der Waals surface area contributed by atoms with Crippen LogP contribution in [0.2, 0.25) is 0 Å². The van der Waals surface area contributed by atoms with E-state index in [1.54, 1.807) is 34.9 Å². The Balaban J connectivity index is 1.19. The van der Waals surface area contributed by atoms with Crippen molar-refractivity contribution in [3.63, 3.8) is 0 Å². The molecule has 1 amide bonds. The Hall–Kier alpha value is -5.60. The topological polar surface area (TPSA) is 152 Å². The molecule has 0 radical (unpaired) electrons. The molecule has 1 aliphatic heterocycles. The van der Waals surface area contributed by atoms with Crippen LogP contribution in [0, 0.1) is 6.92 Å². The summed E-state index contributed by atoms with van der Waals surface area (Å²) in [6, 6.07) is 15.1. The predicted molar refractivity (Wildman–Crippen MR) is 177 cm³/mol. The fourth-order valence-electron chi connectivity index (χ4n) is 4.93. The molecule has 46 heavy (non-hydrogen) atoms. The molecule has 4 N–H and O–H groups in total. The number of aromatic nitrogens is 7. The van der Waals surface area contributed by atoms with Gasteiger partial charge in [-0.1, -0.05) is 12.6 Å². The highest BCUT2D eigenvalue weighted by Crippen LogP contribution is 2.28. The van der Waals surface area contributed by atoms with Gasteiger partial charge in [-0.05, 0) is 42.8 Å². The second-order valence-electron chi connectivity index (χ2n) is 10.7. The van der Waals surface area contributed by atoms with Gasteiger partial charge in [0.05, 0.1) is 13.2 Å². The number of ether oxygens (including phenoxy) is 1. The number of nitrogens with one attached hydrogen (secondary N) is 4. The van der Waals surface area contributed by atoms with Crippen molar-refractivity contribution in [2.75, 3.05) is 62.4 Å². The molecule has 0 spiro atoms. The zero-order chi connectivity index (χ0) is 31.9. The second kappa shape index (κ2) is 14.0. The molecule has 5 aromatic rings. The fourth-order valence-corrected chi connectivity index (χ4v) is 4.93. The number of nitrogens with zero attached hydrogens (tertiary/aromatic N) is 8. The molecule has 1 saturated heterocycles. The van der Waals surface area contributed by atoms with Crippen LogP contribution in [0.25, 0.3) is 17.3 Å². The molecule has 0 unspecified atom stereocenters. The third kappa shape index (κ3) is 7.20. The monoisotopic (exact) mass is 620 g/mol. The van der Waals surface area contributed by atoms with Crippen molar-refractivity contribution in [1.29, 1.82) is 0 Å². The van der Waals surface area contributed by atoms with E-state index in [0.29, 0.717) is 23.2 Å². The summed E-state index contributed by atoms with van der Waals surface area (Å²) in [4.78, 5) is 28.3. The summed E-state index contributed by atoms with van der Waals surface area (Å²) in [7, 11) is 1.57. The Morgan fingerprint density at radius 2 is 1.91 bits per heavy atom. The van der Waals surface area contributed by atoms with Gasteiger partial charge in [-0.15, -0.1) is 0 Å². The van der Waals surface area contributed by atoms with Crippen LogP contribution in [0.1, 0.15) is 21.6 Å². The number of aryl methyl sites for hydroxylation is 1. The summed E-state index contributed by atoms with van der Waals surface area (Å²) in [6.07, 6.45) is 6.79. The minimum atomic E-state index is -0.310. The van der Waals surface area contributed by atoms with Crippen molar-refractivity contribution in [3.8, 4) is 11.6 Å². The molecule has 0 atom stereocenters. The first-order valence-corrected chi connectivity index (χ1v) is 15.0. The fraction of sp³-hybridized carbons (Fsp3) is 0.250. The summed E-state index contributed by atoms with van der Waals surface area (Å²) >= 11 is 0. The predicted octanol–water partition coefficient (Wildman–Crippen LogP) is 3.48. The van der Waals surface area contributed by atoms with Gasteiger partial charge in [0.25, 0.3) is 5.91 Å². The Labute approximate surface area is 266 Å². The summed E-state index contributed by atoms with van der Waals surface area (Å²) in [5.41, 5.74) is 4.40. The number of hydrogen-bond donors (Lipinski definition) is 4. The molecule has 1 aliphatic rings. The number of amides is 1. The normalized spacial score (nSPS) is 13.3. The molecule has 14 heteroatoms. The van der Waals surface area contributed by atoms with Crippen LogP contribution in [0.15, 0.2) is 80.0 Å². The number of anilines is 4. The summed E-state index contributed by atoms with van der Waals surface area (Å²) in [5.74, 6) is 2.14. The van der Waals surface area contributed by atoms with Gasteiger partial charge in [-0.3, -0.25) is 9.69 Å². The van der Waals surface area contributed by atoms with E-state index in [2.05, 4.69) is 57.9 Å². The van der Waals surface area contributed by atoms with Crippen LogP contribution in [0.4, 0.5) is 23.0 Å². The van der Waals surface area contributed by atoms with Crippen LogP contribution in [-0.4, -0.2) is 91.8 Å². The van der Waals surface area contributed by atoms with Crippen LogP contribution < -0.4 is 21.3 Å². The maximum Gasteiger partial charge on any atom is 0.271 e. The van der Waals surface area contributed by atoms with Crippen LogP contribution >= 0.6 is 0 Å². The van der Waals surface area contributed by atoms with Crippen molar-refractivity contribution in [2.45, 2.75) is 6.92 Å².